The maximum Gasteiger partial charge on any atom is 0.224 e. The second-order valence-electron chi connectivity index (χ2n) is 8.32. The Labute approximate surface area is 185 Å². The van der Waals surface area contributed by atoms with E-state index >= 15 is 0 Å². The number of hydrogen-bond donors (Lipinski definition) is 2. The summed E-state index contributed by atoms with van der Waals surface area (Å²) in [6.45, 7) is 2.65. The Balaban J connectivity index is 1.33. The van der Waals surface area contributed by atoms with Crippen LogP contribution in [0.15, 0.2) is 23.2 Å². The molecule has 1 aliphatic carbocycles. The Morgan fingerprint density at radius 3 is 2.87 bits per heavy atom. The quantitative estimate of drug-likeness (QED) is 0.718. The summed E-state index contributed by atoms with van der Waals surface area (Å²) in [5.74, 6) is 1.02. The zero-order valence-electron chi connectivity index (χ0n) is 17.0. The van der Waals surface area contributed by atoms with Crippen LogP contribution in [0.1, 0.15) is 37.8 Å². The molecular weight excluding hydrogens is 420 g/mol. The predicted octanol–water partition coefficient (Wildman–Crippen LogP) is 4.29. The Bertz CT molecular complexity index is 963. The molecule has 2 aromatic rings. The number of carbonyl (C=O) groups excluding carboxylic acids is 1. The standard InChI is InChI=1S/C22H27ClN4O2S/c23-15-9-14-10-19(26-21(14)18(11-15)24-16-3-1-2-4-16)22-25-17(13-30-22)12-20(28)27-5-7-29-8-6-27/h9-11,16-17,24,26H,1-8,12-13H2. The third kappa shape index (κ3) is 4.34. The molecule has 1 amide bonds. The van der Waals surface area contributed by atoms with Gasteiger partial charge in [0.2, 0.25) is 5.91 Å². The fourth-order valence-electron chi connectivity index (χ4n) is 4.54. The van der Waals surface area contributed by atoms with Crippen molar-refractivity contribution < 1.29 is 9.53 Å². The second-order valence-corrected chi connectivity index (χ2v) is 9.77. The number of anilines is 1. The summed E-state index contributed by atoms with van der Waals surface area (Å²) in [6, 6.07) is 6.68. The topological polar surface area (TPSA) is 69.7 Å². The van der Waals surface area contributed by atoms with Crippen LogP contribution in [-0.4, -0.2) is 65.0 Å². The van der Waals surface area contributed by atoms with Crippen molar-refractivity contribution in [3.05, 3.63) is 28.9 Å². The maximum absolute atomic E-state index is 12.5. The fraction of sp³-hybridized carbons (Fsp3) is 0.545. The Morgan fingerprint density at radius 1 is 1.27 bits per heavy atom. The molecule has 3 heterocycles. The summed E-state index contributed by atoms with van der Waals surface area (Å²) in [5, 5.41) is 6.49. The molecule has 0 bridgehead atoms. The smallest absolute Gasteiger partial charge is 0.224 e. The van der Waals surface area contributed by atoms with Crippen LogP contribution in [0.5, 0.6) is 0 Å². The molecule has 5 rings (SSSR count). The van der Waals surface area contributed by atoms with Gasteiger partial charge in [0.05, 0.1) is 42.6 Å². The molecule has 0 spiro atoms. The van der Waals surface area contributed by atoms with E-state index in [-0.39, 0.29) is 11.9 Å². The molecule has 1 atom stereocenters. The number of nitrogens with one attached hydrogen (secondary N) is 2. The van der Waals surface area contributed by atoms with Crippen molar-refractivity contribution in [1.29, 1.82) is 0 Å². The molecule has 2 fully saturated rings. The van der Waals surface area contributed by atoms with Crippen molar-refractivity contribution in [2.75, 3.05) is 37.4 Å². The zero-order chi connectivity index (χ0) is 20.5. The lowest BCUT2D eigenvalue weighted by atomic mass is 10.2. The van der Waals surface area contributed by atoms with Crippen LogP contribution in [0.4, 0.5) is 5.69 Å². The molecule has 1 aromatic heterocycles. The van der Waals surface area contributed by atoms with Crippen molar-refractivity contribution in [3.8, 4) is 0 Å². The number of aromatic nitrogens is 1. The normalized spacial score (nSPS) is 22.6. The number of aromatic amines is 1. The van der Waals surface area contributed by atoms with Crippen LogP contribution in [0.2, 0.25) is 5.02 Å². The molecule has 30 heavy (non-hydrogen) atoms. The number of aliphatic imine (C=N–C) groups is 1. The van der Waals surface area contributed by atoms with Gasteiger partial charge in [0.25, 0.3) is 0 Å². The minimum atomic E-state index is 0.0337. The van der Waals surface area contributed by atoms with Gasteiger partial charge in [-0.1, -0.05) is 24.4 Å². The molecule has 8 heteroatoms. The highest BCUT2D eigenvalue weighted by molar-refractivity contribution is 8.14. The van der Waals surface area contributed by atoms with Gasteiger partial charge in [-0.25, -0.2) is 0 Å². The number of rotatable bonds is 5. The second kappa shape index (κ2) is 8.81. The van der Waals surface area contributed by atoms with E-state index in [1.165, 1.54) is 25.7 Å². The first kappa shape index (κ1) is 20.2. The number of hydrogen-bond acceptors (Lipinski definition) is 5. The third-order valence-electron chi connectivity index (χ3n) is 6.12. The number of halogens is 1. The van der Waals surface area contributed by atoms with Crippen molar-refractivity contribution in [2.45, 2.75) is 44.2 Å². The predicted molar refractivity (Wildman–Crippen MR) is 124 cm³/mol. The number of nitrogens with zero attached hydrogens (tertiary/aromatic N) is 2. The summed E-state index contributed by atoms with van der Waals surface area (Å²) in [6.07, 6.45) is 5.47. The molecule has 160 valence electrons. The minimum Gasteiger partial charge on any atom is -0.381 e. The average molecular weight is 447 g/mol. The first-order valence-electron chi connectivity index (χ1n) is 10.8. The van der Waals surface area contributed by atoms with Gasteiger partial charge in [-0.05, 0) is 31.0 Å². The lowest BCUT2D eigenvalue weighted by Gasteiger charge is -2.27. The lowest BCUT2D eigenvalue weighted by Crippen LogP contribution is -2.41. The summed E-state index contributed by atoms with van der Waals surface area (Å²) < 4.78 is 5.34. The largest absolute Gasteiger partial charge is 0.381 e. The number of H-pyrrole nitrogens is 1. The van der Waals surface area contributed by atoms with Crippen LogP contribution in [-0.2, 0) is 9.53 Å². The van der Waals surface area contributed by atoms with E-state index in [0.717, 1.165) is 38.1 Å². The van der Waals surface area contributed by atoms with Crippen LogP contribution in [0.25, 0.3) is 10.9 Å². The number of ether oxygens (including phenoxy) is 1. The first-order chi connectivity index (χ1) is 14.7. The number of benzene rings is 1. The van der Waals surface area contributed by atoms with Gasteiger partial charge in [0.15, 0.2) is 0 Å². The molecule has 1 aromatic carbocycles. The third-order valence-corrected chi connectivity index (χ3v) is 7.49. The van der Waals surface area contributed by atoms with Crippen molar-refractivity contribution in [1.82, 2.24) is 9.88 Å². The molecular formula is C22H27ClN4O2S. The summed E-state index contributed by atoms with van der Waals surface area (Å²) in [5.41, 5.74) is 3.16. The van der Waals surface area contributed by atoms with E-state index in [0.29, 0.717) is 38.8 Å². The average Bonchev–Trinajstić information content (AvgIpc) is 3.49. The van der Waals surface area contributed by atoms with Crippen LogP contribution >= 0.6 is 23.4 Å². The van der Waals surface area contributed by atoms with Gasteiger partial charge in [-0.2, -0.15) is 0 Å². The highest BCUT2D eigenvalue weighted by Crippen LogP contribution is 2.33. The summed E-state index contributed by atoms with van der Waals surface area (Å²) in [4.78, 5) is 22.9. The molecule has 0 radical (unpaired) electrons. The van der Waals surface area contributed by atoms with Crippen molar-refractivity contribution >= 4 is 50.9 Å². The van der Waals surface area contributed by atoms with Gasteiger partial charge in [-0.15, -0.1) is 11.8 Å². The molecule has 6 nitrogen and oxygen atoms in total. The van der Waals surface area contributed by atoms with E-state index in [2.05, 4.69) is 16.4 Å². The molecule has 1 saturated carbocycles. The van der Waals surface area contributed by atoms with E-state index < -0.39 is 0 Å². The molecule has 2 N–H and O–H groups in total. The molecule has 3 aliphatic rings. The fourth-order valence-corrected chi connectivity index (χ4v) is 5.80. The SMILES string of the molecule is O=C(CC1CSC(c2cc3cc(Cl)cc(NC4CCCC4)c3[nH]2)=N1)N1CCOCC1. The van der Waals surface area contributed by atoms with Crippen molar-refractivity contribution in [2.24, 2.45) is 4.99 Å². The number of carbonyl (C=O) groups is 1. The van der Waals surface area contributed by atoms with Crippen molar-refractivity contribution in [3.63, 3.8) is 0 Å². The zero-order valence-corrected chi connectivity index (χ0v) is 18.5. The van der Waals surface area contributed by atoms with Gasteiger partial charge in [0.1, 0.15) is 5.04 Å². The van der Waals surface area contributed by atoms with E-state index in [1.807, 2.05) is 17.0 Å². The Kier molecular flexibility index (Phi) is 5.94. The lowest BCUT2D eigenvalue weighted by molar-refractivity contribution is -0.135. The van der Waals surface area contributed by atoms with Crippen LogP contribution < -0.4 is 5.32 Å². The van der Waals surface area contributed by atoms with Gasteiger partial charge >= 0.3 is 0 Å². The van der Waals surface area contributed by atoms with Gasteiger partial charge < -0.3 is 19.9 Å². The van der Waals surface area contributed by atoms with E-state index in [1.54, 1.807) is 11.8 Å². The highest BCUT2D eigenvalue weighted by Gasteiger charge is 2.26. The molecule has 1 saturated heterocycles. The van der Waals surface area contributed by atoms with Crippen LogP contribution in [0, 0.1) is 0 Å². The molecule has 1 unspecified atom stereocenters. The maximum atomic E-state index is 12.5. The highest BCUT2D eigenvalue weighted by atomic mass is 35.5. The Hall–Kier alpha value is -1.70. The number of amides is 1. The van der Waals surface area contributed by atoms with E-state index in [4.69, 9.17) is 21.3 Å². The minimum absolute atomic E-state index is 0.0337. The first-order valence-corrected chi connectivity index (χ1v) is 12.2. The van der Waals surface area contributed by atoms with Gasteiger partial charge in [-0.3, -0.25) is 9.79 Å². The molecule has 2 aliphatic heterocycles. The number of morpholine rings is 1. The number of fused-ring (bicyclic) bond motifs is 1. The Morgan fingerprint density at radius 2 is 2.07 bits per heavy atom. The summed E-state index contributed by atoms with van der Waals surface area (Å²) >= 11 is 8.11. The van der Waals surface area contributed by atoms with E-state index in [9.17, 15) is 4.79 Å². The van der Waals surface area contributed by atoms with Crippen LogP contribution in [0.3, 0.4) is 0 Å². The van der Waals surface area contributed by atoms with Gasteiger partial charge in [0, 0.05) is 35.3 Å². The summed E-state index contributed by atoms with van der Waals surface area (Å²) in [7, 11) is 0. The monoisotopic (exact) mass is 446 g/mol. The number of thioether (sulfide) groups is 1.